The molecule has 0 aliphatic heterocycles. The normalized spacial score (nSPS) is 12.1. The molecule has 0 aromatic carbocycles. The van der Waals surface area contributed by atoms with E-state index in [-0.39, 0.29) is 19.0 Å². The van der Waals surface area contributed by atoms with Crippen LogP contribution in [0.2, 0.25) is 0 Å². The molecule has 1 rings (SSSR count). The number of carboxylic acids is 1. The summed E-state index contributed by atoms with van der Waals surface area (Å²) in [5.41, 5.74) is 0. The van der Waals surface area contributed by atoms with E-state index in [1.165, 1.54) is 10.9 Å². The molecule has 1 aromatic rings. The Morgan fingerprint density at radius 2 is 2.31 bits per heavy atom. The van der Waals surface area contributed by atoms with Gasteiger partial charge < -0.3 is 10.4 Å². The van der Waals surface area contributed by atoms with Crippen molar-refractivity contribution in [1.29, 1.82) is 0 Å². The van der Waals surface area contributed by atoms with Crippen LogP contribution in [0.15, 0.2) is 12.4 Å². The Hall–Kier alpha value is -1.92. The minimum Gasteiger partial charge on any atom is -0.481 e. The zero-order valence-corrected chi connectivity index (χ0v) is 8.96. The SMILES string of the molecule is CCC(CNC(=O)Cn1ccnn1)C(=O)O. The lowest BCUT2D eigenvalue weighted by Crippen LogP contribution is -2.34. The fourth-order valence-electron chi connectivity index (χ4n) is 1.16. The molecule has 0 aliphatic rings. The van der Waals surface area contributed by atoms with E-state index in [0.29, 0.717) is 6.42 Å². The number of carbonyl (C=O) groups is 2. The molecular formula is C9H14N4O3. The lowest BCUT2D eigenvalue weighted by Gasteiger charge is -2.10. The fraction of sp³-hybridized carbons (Fsp3) is 0.556. The third-order valence-corrected chi connectivity index (χ3v) is 2.17. The highest BCUT2D eigenvalue weighted by Gasteiger charge is 2.15. The molecule has 0 aliphatic carbocycles. The smallest absolute Gasteiger partial charge is 0.308 e. The molecule has 1 atom stereocenters. The van der Waals surface area contributed by atoms with Gasteiger partial charge in [-0.1, -0.05) is 12.1 Å². The van der Waals surface area contributed by atoms with Crippen molar-refractivity contribution >= 4 is 11.9 Å². The Morgan fingerprint density at radius 1 is 1.56 bits per heavy atom. The highest BCUT2D eigenvalue weighted by atomic mass is 16.4. The van der Waals surface area contributed by atoms with E-state index in [2.05, 4.69) is 15.6 Å². The van der Waals surface area contributed by atoms with Gasteiger partial charge in [-0.15, -0.1) is 5.10 Å². The second kappa shape index (κ2) is 5.84. The standard InChI is InChI=1S/C9H14N4O3/c1-2-7(9(15)16)5-10-8(14)6-13-4-3-11-12-13/h3-4,7H,2,5-6H2,1H3,(H,10,14)(H,15,16). The van der Waals surface area contributed by atoms with Gasteiger partial charge in [0.2, 0.25) is 5.91 Å². The molecule has 1 amide bonds. The maximum atomic E-state index is 11.4. The summed E-state index contributed by atoms with van der Waals surface area (Å²) in [6, 6.07) is 0. The van der Waals surface area contributed by atoms with Crippen LogP contribution in [0.25, 0.3) is 0 Å². The number of amides is 1. The molecule has 2 N–H and O–H groups in total. The molecule has 1 unspecified atom stereocenters. The third kappa shape index (κ3) is 3.68. The molecule has 88 valence electrons. The van der Waals surface area contributed by atoms with E-state index in [4.69, 9.17) is 5.11 Å². The molecule has 0 radical (unpaired) electrons. The summed E-state index contributed by atoms with van der Waals surface area (Å²) in [7, 11) is 0. The fourth-order valence-corrected chi connectivity index (χ4v) is 1.16. The van der Waals surface area contributed by atoms with Crippen LogP contribution < -0.4 is 5.32 Å². The van der Waals surface area contributed by atoms with Crippen molar-refractivity contribution in [1.82, 2.24) is 20.3 Å². The topological polar surface area (TPSA) is 97.1 Å². The maximum Gasteiger partial charge on any atom is 0.308 e. The van der Waals surface area contributed by atoms with Crippen LogP contribution >= 0.6 is 0 Å². The van der Waals surface area contributed by atoms with Gasteiger partial charge in [0.25, 0.3) is 0 Å². The zero-order valence-electron chi connectivity index (χ0n) is 8.96. The van der Waals surface area contributed by atoms with Gasteiger partial charge in [-0.2, -0.15) is 0 Å². The lowest BCUT2D eigenvalue weighted by atomic mass is 10.1. The van der Waals surface area contributed by atoms with Crippen LogP contribution in [0, 0.1) is 5.92 Å². The number of carbonyl (C=O) groups excluding carboxylic acids is 1. The number of nitrogens with zero attached hydrogens (tertiary/aromatic N) is 3. The summed E-state index contributed by atoms with van der Waals surface area (Å²) in [4.78, 5) is 22.0. The Labute approximate surface area is 92.4 Å². The molecule has 1 heterocycles. The first kappa shape index (κ1) is 12.2. The first-order chi connectivity index (χ1) is 7.63. The van der Waals surface area contributed by atoms with Crippen molar-refractivity contribution in [3.05, 3.63) is 12.4 Å². The van der Waals surface area contributed by atoms with Gasteiger partial charge in [0.15, 0.2) is 0 Å². The maximum absolute atomic E-state index is 11.4. The van der Waals surface area contributed by atoms with E-state index in [0.717, 1.165) is 0 Å². The number of aromatic nitrogens is 3. The highest BCUT2D eigenvalue weighted by Crippen LogP contribution is 2.00. The summed E-state index contributed by atoms with van der Waals surface area (Å²) in [6.45, 7) is 1.96. The molecule has 1 aromatic heterocycles. The van der Waals surface area contributed by atoms with Crippen LogP contribution in [0.4, 0.5) is 0 Å². The van der Waals surface area contributed by atoms with E-state index < -0.39 is 11.9 Å². The molecule has 0 bridgehead atoms. The van der Waals surface area contributed by atoms with Crippen LogP contribution in [0.5, 0.6) is 0 Å². The van der Waals surface area contributed by atoms with Crippen molar-refractivity contribution < 1.29 is 14.7 Å². The van der Waals surface area contributed by atoms with Gasteiger partial charge in [0.1, 0.15) is 6.54 Å². The van der Waals surface area contributed by atoms with Crippen molar-refractivity contribution in [2.24, 2.45) is 5.92 Å². The number of hydrogen-bond acceptors (Lipinski definition) is 4. The van der Waals surface area contributed by atoms with Crippen LogP contribution in [-0.2, 0) is 16.1 Å². The number of hydrogen-bond donors (Lipinski definition) is 2. The largest absolute Gasteiger partial charge is 0.481 e. The van der Waals surface area contributed by atoms with Gasteiger partial charge in [-0.05, 0) is 6.42 Å². The van der Waals surface area contributed by atoms with E-state index >= 15 is 0 Å². The Bertz CT molecular complexity index is 350. The Balaban J connectivity index is 2.32. The van der Waals surface area contributed by atoms with Crippen molar-refractivity contribution in [3.8, 4) is 0 Å². The number of nitrogens with one attached hydrogen (secondary N) is 1. The monoisotopic (exact) mass is 226 g/mol. The summed E-state index contributed by atoms with van der Waals surface area (Å²) < 4.78 is 1.37. The van der Waals surface area contributed by atoms with E-state index in [1.54, 1.807) is 13.1 Å². The van der Waals surface area contributed by atoms with Crippen molar-refractivity contribution in [3.63, 3.8) is 0 Å². The summed E-state index contributed by atoms with van der Waals surface area (Å²) in [6.07, 6.45) is 3.52. The first-order valence-corrected chi connectivity index (χ1v) is 4.97. The number of aliphatic carboxylic acids is 1. The quantitative estimate of drug-likeness (QED) is 0.681. The lowest BCUT2D eigenvalue weighted by molar-refractivity contribution is -0.141. The van der Waals surface area contributed by atoms with Gasteiger partial charge in [0, 0.05) is 12.7 Å². The van der Waals surface area contributed by atoms with Crippen LogP contribution in [0.1, 0.15) is 13.3 Å². The molecule has 0 fully saturated rings. The Kier molecular flexibility index (Phi) is 4.43. The van der Waals surface area contributed by atoms with Crippen LogP contribution in [0.3, 0.4) is 0 Å². The summed E-state index contributed by atoms with van der Waals surface area (Å²) >= 11 is 0. The molecule has 7 heteroatoms. The van der Waals surface area contributed by atoms with Crippen LogP contribution in [-0.4, -0.2) is 38.5 Å². The summed E-state index contributed by atoms with van der Waals surface area (Å²) in [5, 5.41) is 18.5. The molecule has 0 spiro atoms. The predicted molar refractivity (Wildman–Crippen MR) is 54.4 cm³/mol. The molecule has 0 saturated heterocycles. The predicted octanol–water partition coefficient (Wildman–Crippen LogP) is -0.495. The third-order valence-electron chi connectivity index (χ3n) is 2.17. The molecule has 16 heavy (non-hydrogen) atoms. The average molecular weight is 226 g/mol. The Morgan fingerprint density at radius 3 is 2.81 bits per heavy atom. The molecular weight excluding hydrogens is 212 g/mol. The van der Waals surface area contributed by atoms with Crippen molar-refractivity contribution in [2.75, 3.05) is 6.54 Å². The second-order valence-corrected chi connectivity index (χ2v) is 3.35. The van der Waals surface area contributed by atoms with Gasteiger partial charge in [-0.25, -0.2) is 4.68 Å². The van der Waals surface area contributed by atoms with Gasteiger partial charge >= 0.3 is 5.97 Å². The second-order valence-electron chi connectivity index (χ2n) is 3.35. The van der Waals surface area contributed by atoms with Gasteiger partial charge in [-0.3, -0.25) is 9.59 Å². The van der Waals surface area contributed by atoms with E-state index in [1.807, 2.05) is 0 Å². The summed E-state index contributed by atoms with van der Waals surface area (Å²) in [5.74, 6) is -1.71. The van der Waals surface area contributed by atoms with E-state index in [9.17, 15) is 9.59 Å². The number of carboxylic acid groups (broad SMARTS) is 1. The van der Waals surface area contributed by atoms with Gasteiger partial charge in [0.05, 0.1) is 12.1 Å². The minimum atomic E-state index is -0.899. The first-order valence-electron chi connectivity index (χ1n) is 4.97. The zero-order chi connectivity index (χ0) is 12.0. The molecule has 0 saturated carbocycles. The van der Waals surface area contributed by atoms with Crippen molar-refractivity contribution in [2.45, 2.75) is 19.9 Å². The average Bonchev–Trinajstić information content (AvgIpc) is 2.70. The molecule has 7 nitrogen and oxygen atoms in total. The minimum absolute atomic E-state index is 0.0516. The number of rotatable bonds is 6. The highest BCUT2D eigenvalue weighted by molar-refractivity contribution is 5.77.